The fourth-order valence-corrected chi connectivity index (χ4v) is 2.96. The summed E-state index contributed by atoms with van der Waals surface area (Å²) in [6.45, 7) is 4.56. The van der Waals surface area contributed by atoms with Gasteiger partial charge in [0.05, 0.1) is 5.25 Å². The van der Waals surface area contributed by atoms with Gasteiger partial charge in [0.15, 0.2) is 0 Å². The molecule has 1 amide bonds. The van der Waals surface area contributed by atoms with Crippen LogP contribution in [0.4, 0.5) is 4.39 Å². The topological polar surface area (TPSA) is 29.1 Å². The number of benzene rings is 2. The maximum atomic E-state index is 12.9. The SMILES string of the molecule is CC(Sc1ccc(F)cc1)C(=O)NCC(C)c1ccccc1. The van der Waals surface area contributed by atoms with Gasteiger partial charge in [0.2, 0.25) is 5.91 Å². The van der Waals surface area contributed by atoms with Crippen molar-refractivity contribution in [2.45, 2.75) is 29.9 Å². The third kappa shape index (κ3) is 4.88. The van der Waals surface area contributed by atoms with Crippen molar-refractivity contribution in [2.24, 2.45) is 0 Å². The van der Waals surface area contributed by atoms with Crippen molar-refractivity contribution < 1.29 is 9.18 Å². The summed E-state index contributed by atoms with van der Waals surface area (Å²) in [6.07, 6.45) is 0. The predicted octanol–water partition coefficient (Wildman–Crippen LogP) is 4.23. The number of hydrogen-bond donors (Lipinski definition) is 1. The second-order valence-corrected chi connectivity index (χ2v) is 6.69. The van der Waals surface area contributed by atoms with E-state index in [1.165, 1.54) is 29.5 Å². The van der Waals surface area contributed by atoms with Crippen LogP contribution in [0.5, 0.6) is 0 Å². The Morgan fingerprint density at radius 3 is 2.36 bits per heavy atom. The molecule has 0 bridgehead atoms. The van der Waals surface area contributed by atoms with Crippen LogP contribution in [0.1, 0.15) is 25.3 Å². The molecule has 0 aromatic heterocycles. The van der Waals surface area contributed by atoms with E-state index in [9.17, 15) is 9.18 Å². The first-order chi connectivity index (χ1) is 10.6. The molecule has 4 heteroatoms. The largest absolute Gasteiger partial charge is 0.355 e. The fraction of sp³-hybridized carbons (Fsp3) is 0.278. The molecule has 2 aromatic rings. The zero-order valence-corrected chi connectivity index (χ0v) is 13.6. The number of carbonyl (C=O) groups is 1. The summed E-state index contributed by atoms with van der Waals surface area (Å²) in [6, 6.07) is 16.3. The summed E-state index contributed by atoms with van der Waals surface area (Å²) >= 11 is 1.43. The molecular weight excluding hydrogens is 297 g/mol. The molecule has 2 rings (SSSR count). The van der Waals surface area contributed by atoms with Crippen LogP contribution < -0.4 is 5.32 Å². The molecule has 2 atom stereocenters. The Hall–Kier alpha value is -1.81. The van der Waals surface area contributed by atoms with Crippen LogP contribution in [0, 0.1) is 5.82 Å². The Morgan fingerprint density at radius 2 is 1.73 bits per heavy atom. The number of amides is 1. The van der Waals surface area contributed by atoms with Crippen LogP contribution in [0.25, 0.3) is 0 Å². The lowest BCUT2D eigenvalue weighted by molar-refractivity contribution is -0.120. The van der Waals surface area contributed by atoms with E-state index in [-0.39, 0.29) is 22.9 Å². The lowest BCUT2D eigenvalue weighted by atomic mass is 10.0. The van der Waals surface area contributed by atoms with Crippen molar-refractivity contribution in [3.63, 3.8) is 0 Å². The van der Waals surface area contributed by atoms with Crippen LogP contribution in [0.15, 0.2) is 59.5 Å². The second-order valence-electron chi connectivity index (χ2n) is 5.27. The van der Waals surface area contributed by atoms with Crippen molar-refractivity contribution in [1.82, 2.24) is 5.32 Å². The van der Waals surface area contributed by atoms with Gasteiger partial charge in [-0.2, -0.15) is 0 Å². The minimum absolute atomic E-state index is 0.00268. The molecule has 0 saturated heterocycles. The normalized spacial score (nSPS) is 13.4. The Bertz CT molecular complexity index is 600. The molecule has 0 aliphatic carbocycles. The average Bonchev–Trinajstić information content (AvgIpc) is 2.55. The lowest BCUT2D eigenvalue weighted by Gasteiger charge is -2.16. The van der Waals surface area contributed by atoms with Crippen LogP contribution in [0.2, 0.25) is 0 Å². The summed E-state index contributed by atoms with van der Waals surface area (Å²) in [4.78, 5) is 13.0. The van der Waals surface area contributed by atoms with Crippen molar-refractivity contribution >= 4 is 17.7 Å². The second kappa shape index (κ2) is 7.99. The van der Waals surface area contributed by atoms with E-state index in [1.54, 1.807) is 12.1 Å². The van der Waals surface area contributed by atoms with Gasteiger partial charge in [0.1, 0.15) is 5.82 Å². The summed E-state index contributed by atoms with van der Waals surface area (Å²) in [7, 11) is 0. The van der Waals surface area contributed by atoms with Crippen molar-refractivity contribution in [2.75, 3.05) is 6.54 Å². The summed E-state index contributed by atoms with van der Waals surface area (Å²) in [5, 5.41) is 2.76. The van der Waals surface area contributed by atoms with E-state index in [4.69, 9.17) is 0 Å². The Kier molecular flexibility index (Phi) is 6.01. The van der Waals surface area contributed by atoms with E-state index in [0.29, 0.717) is 6.54 Å². The van der Waals surface area contributed by atoms with Gasteiger partial charge in [-0.3, -0.25) is 4.79 Å². The Morgan fingerprint density at radius 1 is 1.09 bits per heavy atom. The molecule has 0 radical (unpaired) electrons. The first-order valence-electron chi connectivity index (χ1n) is 7.31. The van der Waals surface area contributed by atoms with Crippen LogP contribution in [-0.4, -0.2) is 17.7 Å². The van der Waals surface area contributed by atoms with Crippen molar-refractivity contribution in [1.29, 1.82) is 0 Å². The summed E-state index contributed by atoms with van der Waals surface area (Å²) in [5.41, 5.74) is 1.21. The summed E-state index contributed by atoms with van der Waals surface area (Å²) < 4.78 is 12.9. The number of halogens is 1. The molecule has 2 nitrogen and oxygen atoms in total. The highest BCUT2D eigenvalue weighted by molar-refractivity contribution is 8.00. The monoisotopic (exact) mass is 317 g/mol. The molecule has 0 saturated carbocycles. The number of rotatable bonds is 6. The van der Waals surface area contributed by atoms with E-state index in [1.807, 2.05) is 25.1 Å². The van der Waals surface area contributed by atoms with Gasteiger partial charge >= 0.3 is 0 Å². The van der Waals surface area contributed by atoms with E-state index >= 15 is 0 Å². The quantitative estimate of drug-likeness (QED) is 0.808. The van der Waals surface area contributed by atoms with Gasteiger partial charge in [-0.15, -0.1) is 11.8 Å². The maximum Gasteiger partial charge on any atom is 0.233 e. The highest BCUT2D eigenvalue weighted by Crippen LogP contribution is 2.23. The van der Waals surface area contributed by atoms with Gasteiger partial charge in [0, 0.05) is 11.4 Å². The first-order valence-corrected chi connectivity index (χ1v) is 8.19. The minimum atomic E-state index is -0.266. The molecule has 0 aliphatic rings. The smallest absolute Gasteiger partial charge is 0.233 e. The van der Waals surface area contributed by atoms with Gasteiger partial charge in [-0.25, -0.2) is 4.39 Å². The number of hydrogen-bond acceptors (Lipinski definition) is 2. The Labute approximate surface area is 135 Å². The maximum absolute atomic E-state index is 12.9. The standard InChI is InChI=1S/C18H20FNOS/c1-13(15-6-4-3-5-7-15)12-20-18(21)14(2)22-17-10-8-16(19)9-11-17/h3-11,13-14H,12H2,1-2H3,(H,20,21). The molecule has 2 unspecified atom stereocenters. The molecule has 2 aromatic carbocycles. The first kappa shape index (κ1) is 16.6. The van der Waals surface area contributed by atoms with E-state index < -0.39 is 0 Å². The number of carbonyl (C=O) groups excluding carboxylic acids is 1. The lowest BCUT2D eigenvalue weighted by Crippen LogP contribution is -2.33. The molecule has 22 heavy (non-hydrogen) atoms. The zero-order valence-electron chi connectivity index (χ0n) is 12.8. The van der Waals surface area contributed by atoms with Gasteiger partial charge in [-0.05, 0) is 42.7 Å². The van der Waals surface area contributed by atoms with Gasteiger partial charge in [-0.1, -0.05) is 37.3 Å². The number of thioether (sulfide) groups is 1. The molecule has 116 valence electrons. The molecular formula is C18H20FNOS. The van der Waals surface area contributed by atoms with Crippen molar-refractivity contribution in [3.05, 3.63) is 66.0 Å². The average molecular weight is 317 g/mol. The third-order valence-corrected chi connectivity index (χ3v) is 4.56. The summed E-state index contributed by atoms with van der Waals surface area (Å²) in [5.74, 6) is 0.00316. The zero-order chi connectivity index (χ0) is 15.9. The number of nitrogens with one attached hydrogen (secondary N) is 1. The highest BCUT2D eigenvalue weighted by atomic mass is 32.2. The molecule has 0 heterocycles. The fourth-order valence-electron chi connectivity index (χ4n) is 2.07. The molecule has 1 N–H and O–H groups in total. The van der Waals surface area contributed by atoms with Gasteiger partial charge < -0.3 is 5.32 Å². The third-order valence-electron chi connectivity index (χ3n) is 3.45. The van der Waals surface area contributed by atoms with Crippen LogP contribution in [0.3, 0.4) is 0 Å². The Balaban J connectivity index is 1.82. The van der Waals surface area contributed by atoms with Gasteiger partial charge in [0.25, 0.3) is 0 Å². The minimum Gasteiger partial charge on any atom is -0.355 e. The molecule has 0 fully saturated rings. The molecule has 0 spiro atoms. The highest BCUT2D eigenvalue weighted by Gasteiger charge is 2.15. The van der Waals surface area contributed by atoms with E-state index in [2.05, 4.69) is 24.4 Å². The van der Waals surface area contributed by atoms with Crippen LogP contribution in [-0.2, 0) is 4.79 Å². The predicted molar refractivity (Wildman–Crippen MR) is 89.6 cm³/mol. The van der Waals surface area contributed by atoms with Crippen LogP contribution >= 0.6 is 11.8 Å². The van der Waals surface area contributed by atoms with Crippen molar-refractivity contribution in [3.8, 4) is 0 Å². The molecule has 0 aliphatic heterocycles. The van der Waals surface area contributed by atoms with E-state index in [0.717, 1.165) is 4.90 Å².